The number of morpholine rings is 1. The van der Waals surface area contributed by atoms with Crippen LogP contribution in [0.2, 0.25) is 0 Å². The van der Waals surface area contributed by atoms with Crippen molar-refractivity contribution in [1.29, 1.82) is 0 Å². The van der Waals surface area contributed by atoms with E-state index in [-0.39, 0.29) is 11.4 Å². The number of fused-ring (bicyclic) bond motifs is 2. The number of amides is 1. The SMILES string of the molecule is CC(=O)N1C[C@@H]2COCCN2C2(CNC2)C1. The fourth-order valence-corrected chi connectivity index (χ4v) is 3.16. The largest absolute Gasteiger partial charge is 0.378 e. The van der Waals surface area contributed by atoms with E-state index in [1.165, 1.54) is 0 Å². The van der Waals surface area contributed by atoms with Gasteiger partial charge in [-0.25, -0.2) is 0 Å². The second-order valence-corrected chi connectivity index (χ2v) is 5.15. The smallest absolute Gasteiger partial charge is 0.219 e. The van der Waals surface area contributed by atoms with Crippen molar-refractivity contribution < 1.29 is 9.53 Å². The summed E-state index contributed by atoms with van der Waals surface area (Å²) in [5.41, 5.74) is 0.193. The predicted molar refractivity (Wildman–Crippen MR) is 59.2 cm³/mol. The Bertz CT molecular complexity index is 304. The number of nitrogens with one attached hydrogen (secondary N) is 1. The molecule has 0 saturated carbocycles. The van der Waals surface area contributed by atoms with Crippen molar-refractivity contribution in [3.05, 3.63) is 0 Å². The van der Waals surface area contributed by atoms with Crippen molar-refractivity contribution in [3.63, 3.8) is 0 Å². The van der Waals surface area contributed by atoms with E-state index in [4.69, 9.17) is 4.74 Å². The minimum absolute atomic E-state index is 0.191. The molecule has 3 rings (SSSR count). The van der Waals surface area contributed by atoms with Crippen LogP contribution in [0.1, 0.15) is 6.92 Å². The van der Waals surface area contributed by atoms with E-state index in [1.807, 2.05) is 4.90 Å². The maximum absolute atomic E-state index is 11.5. The Morgan fingerprint density at radius 2 is 2.31 bits per heavy atom. The molecular formula is C11H19N3O2. The molecule has 0 unspecified atom stereocenters. The van der Waals surface area contributed by atoms with Crippen molar-refractivity contribution in [2.24, 2.45) is 0 Å². The second-order valence-electron chi connectivity index (χ2n) is 5.15. The van der Waals surface area contributed by atoms with Gasteiger partial charge in [-0.3, -0.25) is 9.69 Å². The zero-order valence-corrected chi connectivity index (χ0v) is 9.74. The molecule has 90 valence electrons. The summed E-state index contributed by atoms with van der Waals surface area (Å²) in [5.74, 6) is 0.191. The van der Waals surface area contributed by atoms with Gasteiger partial charge in [0.05, 0.1) is 24.8 Å². The Morgan fingerprint density at radius 1 is 1.50 bits per heavy atom. The van der Waals surface area contributed by atoms with E-state index in [1.54, 1.807) is 6.92 Å². The van der Waals surface area contributed by atoms with Gasteiger partial charge in [-0.05, 0) is 0 Å². The van der Waals surface area contributed by atoms with Crippen LogP contribution in [0.15, 0.2) is 0 Å². The standard InChI is InChI=1S/C11H19N3O2/c1-9(15)13-4-10-5-16-3-2-14(10)11(8-13)6-12-7-11/h10,12H,2-8H2,1H3/t10-/m1/s1. The summed E-state index contributed by atoms with van der Waals surface area (Å²) in [6.45, 7) is 8.00. The van der Waals surface area contributed by atoms with Crippen molar-refractivity contribution in [2.75, 3.05) is 45.9 Å². The van der Waals surface area contributed by atoms with Crippen LogP contribution in [0, 0.1) is 0 Å². The number of hydrogen-bond acceptors (Lipinski definition) is 4. The van der Waals surface area contributed by atoms with Gasteiger partial charge >= 0.3 is 0 Å². The highest BCUT2D eigenvalue weighted by Gasteiger charge is 2.51. The Hall–Kier alpha value is -0.650. The van der Waals surface area contributed by atoms with Crippen molar-refractivity contribution in [2.45, 2.75) is 18.5 Å². The Balaban J connectivity index is 1.82. The van der Waals surface area contributed by atoms with Crippen LogP contribution in [-0.4, -0.2) is 73.2 Å². The van der Waals surface area contributed by atoms with Gasteiger partial charge in [0, 0.05) is 39.6 Å². The molecule has 0 aromatic rings. The summed E-state index contributed by atoms with van der Waals surface area (Å²) in [5, 5.41) is 3.34. The first kappa shape index (κ1) is 10.5. The van der Waals surface area contributed by atoms with Gasteiger partial charge in [0.25, 0.3) is 0 Å². The van der Waals surface area contributed by atoms with E-state index in [0.717, 1.165) is 45.9 Å². The number of nitrogens with zero attached hydrogens (tertiary/aromatic N) is 2. The number of piperazine rings is 1. The fraction of sp³-hybridized carbons (Fsp3) is 0.909. The van der Waals surface area contributed by atoms with Gasteiger partial charge < -0.3 is 15.0 Å². The average Bonchev–Trinajstić information content (AvgIpc) is 2.25. The second kappa shape index (κ2) is 3.68. The van der Waals surface area contributed by atoms with E-state index in [0.29, 0.717) is 6.04 Å². The maximum atomic E-state index is 11.5. The summed E-state index contributed by atoms with van der Waals surface area (Å²) >= 11 is 0. The zero-order chi connectivity index (χ0) is 11.2. The molecule has 16 heavy (non-hydrogen) atoms. The van der Waals surface area contributed by atoms with Gasteiger partial charge in [0.1, 0.15) is 0 Å². The summed E-state index contributed by atoms with van der Waals surface area (Å²) in [4.78, 5) is 16.1. The first-order valence-electron chi connectivity index (χ1n) is 6.02. The summed E-state index contributed by atoms with van der Waals surface area (Å²) in [6, 6.07) is 0.397. The summed E-state index contributed by atoms with van der Waals surface area (Å²) < 4.78 is 5.53. The molecule has 5 nitrogen and oxygen atoms in total. The third-order valence-corrected chi connectivity index (χ3v) is 4.11. The van der Waals surface area contributed by atoms with Crippen LogP contribution in [0.3, 0.4) is 0 Å². The highest BCUT2D eigenvalue weighted by atomic mass is 16.5. The molecule has 3 saturated heterocycles. The lowest BCUT2D eigenvalue weighted by Crippen LogP contribution is -2.80. The molecule has 5 heteroatoms. The van der Waals surface area contributed by atoms with Crippen molar-refractivity contribution in [3.8, 4) is 0 Å². The van der Waals surface area contributed by atoms with E-state index < -0.39 is 0 Å². The minimum atomic E-state index is 0.191. The van der Waals surface area contributed by atoms with E-state index in [9.17, 15) is 4.79 Å². The third-order valence-electron chi connectivity index (χ3n) is 4.11. The van der Waals surface area contributed by atoms with Gasteiger partial charge in [0.2, 0.25) is 5.91 Å². The monoisotopic (exact) mass is 225 g/mol. The molecular weight excluding hydrogens is 206 g/mol. The number of hydrogen-bond donors (Lipinski definition) is 1. The van der Waals surface area contributed by atoms with E-state index in [2.05, 4.69) is 10.2 Å². The highest BCUT2D eigenvalue weighted by Crippen LogP contribution is 2.30. The number of carbonyl (C=O) groups is 1. The lowest BCUT2D eigenvalue weighted by Gasteiger charge is -2.60. The van der Waals surface area contributed by atoms with Gasteiger partial charge in [-0.15, -0.1) is 0 Å². The minimum Gasteiger partial charge on any atom is -0.378 e. The average molecular weight is 225 g/mol. The maximum Gasteiger partial charge on any atom is 0.219 e. The number of carbonyl (C=O) groups excluding carboxylic acids is 1. The van der Waals surface area contributed by atoms with Crippen molar-refractivity contribution >= 4 is 5.91 Å². The Kier molecular flexibility index (Phi) is 2.42. The molecule has 0 radical (unpaired) electrons. The fourth-order valence-electron chi connectivity index (χ4n) is 3.16. The van der Waals surface area contributed by atoms with Gasteiger partial charge in [-0.1, -0.05) is 0 Å². The predicted octanol–water partition coefficient (Wildman–Crippen LogP) is -1.11. The van der Waals surface area contributed by atoms with Crippen molar-refractivity contribution in [1.82, 2.24) is 15.1 Å². The molecule has 1 N–H and O–H groups in total. The normalized spacial score (nSPS) is 33.3. The lowest BCUT2D eigenvalue weighted by molar-refractivity contribution is -0.154. The quantitative estimate of drug-likeness (QED) is 0.568. The first-order chi connectivity index (χ1) is 7.71. The molecule has 3 heterocycles. The molecule has 0 aromatic carbocycles. The van der Waals surface area contributed by atoms with Gasteiger partial charge in [0.15, 0.2) is 0 Å². The molecule has 1 atom stereocenters. The topological polar surface area (TPSA) is 44.8 Å². The molecule has 0 aliphatic carbocycles. The van der Waals surface area contributed by atoms with Crippen LogP contribution >= 0.6 is 0 Å². The molecule has 1 amide bonds. The highest BCUT2D eigenvalue weighted by molar-refractivity contribution is 5.73. The van der Waals surface area contributed by atoms with Crippen LogP contribution in [0.5, 0.6) is 0 Å². The summed E-state index contributed by atoms with van der Waals surface area (Å²) in [6.07, 6.45) is 0. The van der Waals surface area contributed by atoms with Crippen LogP contribution < -0.4 is 5.32 Å². The van der Waals surface area contributed by atoms with Crippen LogP contribution in [-0.2, 0) is 9.53 Å². The molecule has 1 spiro atoms. The molecule has 0 bridgehead atoms. The molecule has 3 aliphatic rings. The van der Waals surface area contributed by atoms with Crippen LogP contribution in [0.4, 0.5) is 0 Å². The third kappa shape index (κ3) is 1.46. The molecule has 3 fully saturated rings. The molecule has 0 aromatic heterocycles. The Morgan fingerprint density at radius 3 is 2.94 bits per heavy atom. The van der Waals surface area contributed by atoms with Gasteiger partial charge in [-0.2, -0.15) is 0 Å². The Labute approximate surface area is 95.7 Å². The summed E-state index contributed by atoms with van der Waals surface area (Å²) in [7, 11) is 0. The lowest BCUT2D eigenvalue weighted by atomic mass is 9.84. The van der Waals surface area contributed by atoms with Crippen LogP contribution in [0.25, 0.3) is 0 Å². The van der Waals surface area contributed by atoms with E-state index >= 15 is 0 Å². The zero-order valence-electron chi connectivity index (χ0n) is 9.74. The first-order valence-corrected chi connectivity index (χ1v) is 6.02. The number of ether oxygens (including phenoxy) is 1. The number of rotatable bonds is 0. The molecule has 3 aliphatic heterocycles.